The summed E-state index contributed by atoms with van der Waals surface area (Å²) in [6.07, 6.45) is 20.9. The van der Waals surface area contributed by atoms with Crippen LogP contribution in [0.25, 0.3) is 0 Å². The van der Waals surface area contributed by atoms with Gasteiger partial charge in [-0.15, -0.1) is 0 Å². The van der Waals surface area contributed by atoms with E-state index in [1.165, 1.54) is 38.5 Å². The van der Waals surface area contributed by atoms with E-state index in [1.807, 2.05) is 0 Å². The fourth-order valence-corrected chi connectivity index (χ4v) is 6.63. The van der Waals surface area contributed by atoms with E-state index in [-0.39, 0.29) is 11.1 Å². The van der Waals surface area contributed by atoms with Crippen LogP contribution in [0.1, 0.15) is 99.3 Å². The normalized spacial score (nSPS) is 30.0. The first kappa shape index (κ1) is 28.4. The number of unbranched alkanes of at least 4 members (excludes halogenated alkanes) is 1. The first-order chi connectivity index (χ1) is 15.4. The first-order valence-electron chi connectivity index (χ1n) is 13.8. The fraction of sp³-hybridized carbons (Fsp3) is 0.800. The maximum Gasteiger partial charge on any atom is 0.192 e. The van der Waals surface area contributed by atoms with Crippen molar-refractivity contribution in [1.82, 2.24) is 0 Å². The molecule has 0 amide bonds. The molecule has 0 saturated heterocycles. The summed E-state index contributed by atoms with van der Waals surface area (Å²) in [6, 6.07) is 0. The molecule has 33 heavy (non-hydrogen) atoms. The molecule has 0 bridgehead atoms. The third kappa shape index (κ3) is 8.73. The van der Waals surface area contributed by atoms with Gasteiger partial charge in [-0.3, -0.25) is 0 Å². The lowest BCUT2D eigenvalue weighted by atomic mass is 9.85. The van der Waals surface area contributed by atoms with Gasteiger partial charge in [0.2, 0.25) is 0 Å². The zero-order valence-electron chi connectivity index (χ0n) is 23.2. The van der Waals surface area contributed by atoms with Crippen LogP contribution in [0.5, 0.6) is 0 Å². The summed E-state index contributed by atoms with van der Waals surface area (Å²) in [6.45, 7) is 23.1. The van der Waals surface area contributed by atoms with Gasteiger partial charge in [0.1, 0.15) is 11.9 Å². The molecule has 1 heterocycles. The van der Waals surface area contributed by atoms with E-state index in [1.54, 1.807) is 0 Å². The molecule has 2 rings (SSSR count). The van der Waals surface area contributed by atoms with Gasteiger partial charge in [0.15, 0.2) is 8.32 Å². The first-order valence-corrected chi connectivity index (χ1v) is 16.7. The van der Waals surface area contributed by atoms with Crippen LogP contribution in [0.15, 0.2) is 36.6 Å². The molecular weight excluding hydrogens is 420 g/mol. The van der Waals surface area contributed by atoms with Gasteiger partial charge in [-0.2, -0.15) is 0 Å². The van der Waals surface area contributed by atoms with Crippen LogP contribution in [0, 0.1) is 23.7 Å². The Morgan fingerprint density at radius 1 is 1.27 bits per heavy atom. The molecular formula is C30H54O2Si. The van der Waals surface area contributed by atoms with Crippen molar-refractivity contribution in [1.29, 1.82) is 0 Å². The SMILES string of the molecule is C=C1/C=C/CCCC[C@@H]2[C@@H](/C=C/[C@H](C[C@@H](C)CCCC)O[Si](C)(C)C(C)(C)C)[C@H](C)C[C@@H]2O1. The van der Waals surface area contributed by atoms with Gasteiger partial charge in [-0.25, -0.2) is 0 Å². The molecule has 2 aliphatic rings. The van der Waals surface area contributed by atoms with Crippen LogP contribution in [-0.4, -0.2) is 20.5 Å². The predicted molar refractivity (Wildman–Crippen MR) is 147 cm³/mol. The highest BCUT2D eigenvalue weighted by molar-refractivity contribution is 6.74. The minimum atomic E-state index is -1.83. The summed E-state index contributed by atoms with van der Waals surface area (Å²) >= 11 is 0. The molecule has 1 fully saturated rings. The molecule has 1 aliphatic carbocycles. The molecule has 0 unspecified atom stereocenters. The van der Waals surface area contributed by atoms with E-state index in [4.69, 9.17) is 9.16 Å². The van der Waals surface area contributed by atoms with Crippen molar-refractivity contribution in [2.45, 2.75) is 130 Å². The van der Waals surface area contributed by atoms with E-state index in [0.29, 0.717) is 29.8 Å². The summed E-state index contributed by atoms with van der Waals surface area (Å²) < 4.78 is 13.3. The van der Waals surface area contributed by atoms with E-state index in [9.17, 15) is 0 Å². The van der Waals surface area contributed by atoms with Crippen LogP contribution < -0.4 is 0 Å². The second kappa shape index (κ2) is 12.8. The minimum absolute atomic E-state index is 0.224. The molecule has 0 aromatic rings. The Hall–Kier alpha value is -0.803. The Morgan fingerprint density at radius 2 is 2.00 bits per heavy atom. The Bertz CT molecular complexity index is 657. The third-order valence-corrected chi connectivity index (χ3v) is 13.0. The molecule has 2 nitrogen and oxygen atoms in total. The highest BCUT2D eigenvalue weighted by Gasteiger charge is 2.42. The topological polar surface area (TPSA) is 18.5 Å². The number of fused-ring (bicyclic) bond motifs is 1. The van der Waals surface area contributed by atoms with Crippen LogP contribution in [0.2, 0.25) is 18.1 Å². The van der Waals surface area contributed by atoms with Gasteiger partial charge in [0.25, 0.3) is 0 Å². The maximum absolute atomic E-state index is 6.98. The monoisotopic (exact) mass is 474 g/mol. The predicted octanol–water partition coefficient (Wildman–Crippen LogP) is 9.45. The molecule has 3 heteroatoms. The molecule has 0 aromatic carbocycles. The maximum atomic E-state index is 6.98. The second-order valence-corrected chi connectivity index (χ2v) is 17.3. The van der Waals surface area contributed by atoms with Crippen molar-refractivity contribution >= 4 is 8.32 Å². The van der Waals surface area contributed by atoms with E-state index in [2.05, 4.69) is 85.5 Å². The van der Waals surface area contributed by atoms with Crippen LogP contribution in [0.3, 0.4) is 0 Å². The van der Waals surface area contributed by atoms with Crippen molar-refractivity contribution in [3.05, 3.63) is 36.6 Å². The van der Waals surface area contributed by atoms with Crippen molar-refractivity contribution in [2.75, 3.05) is 0 Å². The summed E-state index contributed by atoms with van der Waals surface area (Å²) in [5.41, 5.74) is 0. The minimum Gasteiger partial charge on any atom is -0.491 e. The largest absolute Gasteiger partial charge is 0.491 e. The van der Waals surface area contributed by atoms with Crippen LogP contribution in [0.4, 0.5) is 0 Å². The second-order valence-electron chi connectivity index (χ2n) is 12.5. The Labute approximate surface area is 207 Å². The van der Waals surface area contributed by atoms with E-state index in [0.717, 1.165) is 25.0 Å². The number of allylic oxidation sites excluding steroid dienone is 3. The lowest BCUT2D eigenvalue weighted by molar-refractivity contribution is 0.0790. The standard InChI is InChI=1S/C30H54O2Si/c1-10-11-16-23(2)21-26(32-33(8,9)30(5,6)7)19-20-27-24(3)22-29-28(27)18-15-13-12-14-17-25(4)31-29/h14,17,19-20,23-24,26-29H,4,10-13,15-16,18,21-22H2,1-3,5-9H3/b17-14+,20-19+/t23-,24+,26+,27-,28+,29-/m0/s1. The molecule has 1 aliphatic heterocycles. The Kier molecular flexibility index (Phi) is 11.0. The molecule has 1 saturated carbocycles. The number of hydrogen-bond donors (Lipinski definition) is 0. The molecule has 6 atom stereocenters. The van der Waals surface area contributed by atoms with Gasteiger partial charge >= 0.3 is 0 Å². The average molecular weight is 475 g/mol. The summed E-state index contributed by atoms with van der Waals surface area (Å²) in [5, 5.41) is 0.232. The van der Waals surface area contributed by atoms with Crippen molar-refractivity contribution < 1.29 is 9.16 Å². The fourth-order valence-electron chi connectivity index (χ4n) is 5.35. The molecule has 0 N–H and O–H groups in total. The quantitative estimate of drug-likeness (QED) is 0.245. The molecule has 0 spiro atoms. The summed E-state index contributed by atoms with van der Waals surface area (Å²) in [5.74, 6) is 3.34. The molecule has 0 aromatic heterocycles. The highest BCUT2D eigenvalue weighted by Crippen LogP contribution is 2.44. The lowest BCUT2D eigenvalue weighted by Gasteiger charge is -2.39. The van der Waals surface area contributed by atoms with Crippen molar-refractivity contribution in [3.63, 3.8) is 0 Å². The highest BCUT2D eigenvalue weighted by atomic mass is 28.4. The zero-order chi connectivity index (χ0) is 24.6. The summed E-state index contributed by atoms with van der Waals surface area (Å²) in [7, 11) is -1.83. The summed E-state index contributed by atoms with van der Waals surface area (Å²) in [4.78, 5) is 0. The Morgan fingerprint density at radius 3 is 2.67 bits per heavy atom. The van der Waals surface area contributed by atoms with Gasteiger partial charge in [0, 0.05) is 5.92 Å². The van der Waals surface area contributed by atoms with Crippen molar-refractivity contribution in [2.24, 2.45) is 23.7 Å². The number of rotatable bonds is 9. The van der Waals surface area contributed by atoms with Gasteiger partial charge < -0.3 is 9.16 Å². The van der Waals surface area contributed by atoms with Crippen molar-refractivity contribution in [3.8, 4) is 0 Å². The van der Waals surface area contributed by atoms with Crippen LogP contribution >= 0.6 is 0 Å². The Balaban J connectivity index is 2.19. The number of ether oxygens (including phenoxy) is 1. The molecule has 0 radical (unpaired) electrons. The van der Waals surface area contributed by atoms with E-state index < -0.39 is 8.32 Å². The smallest absolute Gasteiger partial charge is 0.192 e. The zero-order valence-corrected chi connectivity index (χ0v) is 24.2. The van der Waals surface area contributed by atoms with Gasteiger partial charge in [-0.05, 0) is 74.1 Å². The lowest BCUT2D eigenvalue weighted by Crippen LogP contribution is -2.43. The van der Waals surface area contributed by atoms with Gasteiger partial charge in [0.05, 0.1) is 6.10 Å². The molecule has 190 valence electrons. The third-order valence-electron chi connectivity index (χ3n) is 8.48. The van der Waals surface area contributed by atoms with Crippen LogP contribution in [-0.2, 0) is 9.16 Å². The van der Waals surface area contributed by atoms with Gasteiger partial charge in [-0.1, -0.05) is 92.0 Å². The average Bonchev–Trinajstić information content (AvgIpc) is 3.00. The van der Waals surface area contributed by atoms with E-state index >= 15 is 0 Å². The number of hydrogen-bond acceptors (Lipinski definition) is 2.